The number of anilines is 1. The Labute approximate surface area is 179 Å². The minimum absolute atomic E-state index is 0.124. The minimum Gasteiger partial charge on any atom is -0.381 e. The number of hydrogen-bond acceptors (Lipinski definition) is 4. The Kier molecular flexibility index (Phi) is 6.94. The van der Waals surface area contributed by atoms with Crippen molar-refractivity contribution in [3.8, 4) is 11.8 Å². The van der Waals surface area contributed by atoms with Crippen molar-refractivity contribution in [3.63, 3.8) is 0 Å². The number of likely N-dealkylation sites (tertiary alicyclic amines) is 1. The molecule has 0 spiro atoms. The molecule has 0 bridgehead atoms. The molecule has 3 rings (SSSR count). The number of thiophene rings is 1. The van der Waals surface area contributed by atoms with Crippen molar-refractivity contribution in [2.24, 2.45) is 0 Å². The number of carbonyl (C=O) groups excluding carboxylic acids is 1. The second-order valence-electron chi connectivity index (χ2n) is 7.80. The van der Waals surface area contributed by atoms with Crippen molar-refractivity contribution < 1.29 is 18.0 Å². The molecule has 1 saturated heterocycles. The summed E-state index contributed by atoms with van der Waals surface area (Å²) in [5.74, 6) is 5.70. The molecule has 4 nitrogen and oxygen atoms in total. The topological polar surface area (TPSA) is 35.6 Å². The summed E-state index contributed by atoms with van der Waals surface area (Å²) in [5.41, 5.74) is 1.09. The maximum Gasteiger partial charge on any atom is 0.393 e. The maximum atomic E-state index is 13.1. The summed E-state index contributed by atoms with van der Waals surface area (Å²) in [4.78, 5) is 16.4. The summed E-state index contributed by atoms with van der Waals surface area (Å²) in [7, 11) is 3.75. The van der Waals surface area contributed by atoms with Gasteiger partial charge >= 0.3 is 6.18 Å². The van der Waals surface area contributed by atoms with Gasteiger partial charge in [0.1, 0.15) is 0 Å². The van der Waals surface area contributed by atoms with Crippen LogP contribution in [0.4, 0.5) is 18.9 Å². The highest BCUT2D eigenvalue weighted by Crippen LogP contribution is 2.39. The van der Waals surface area contributed by atoms with Gasteiger partial charge in [0, 0.05) is 19.1 Å². The minimum atomic E-state index is -4.28. The van der Waals surface area contributed by atoms with Gasteiger partial charge in [-0.05, 0) is 50.9 Å². The van der Waals surface area contributed by atoms with Crippen molar-refractivity contribution in [1.29, 1.82) is 0 Å². The predicted molar refractivity (Wildman–Crippen MR) is 116 cm³/mol. The number of carbonyl (C=O) groups is 1. The third-order valence-electron chi connectivity index (χ3n) is 5.09. The zero-order valence-electron chi connectivity index (χ0n) is 17.4. The smallest absolute Gasteiger partial charge is 0.381 e. The van der Waals surface area contributed by atoms with Crippen LogP contribution in [0, 0.1) is 11.8 Å². The molecular weight excluding hydrogens is 411 g/mol. The molecule has 1 N–H and O–H groups in total. The number of piperidine rings is 1. The Bertz CT molecular complexity index is 964. The van der Waals surface area contributed by atoms with E-state index in [1.165, 1.54) is 11.3 Å². The van der Waals surface area contributed by atoms with Crippen molar-refractivity contribution in [1.82, 2.24) is 9.80 Å². The van der Waals surface area contributed by atoms with Crippen LogP contribution in [0.1, 0.15) is 30.2 Å². The Morgan fingerprint density at radius 3 is 2.60 bits per heavy atom. The van der Waals surface area contributed by atoms with Gasteiger partial charge in [-0.3, -0.25) is 4.79 Å². The third kappa shape index (κ3) is 5.46. The lowest BCUT2D eigenvalue weighted by molar-refractivity contribution is -0.132. The van der Waals surface area contributed by atoms with Crippen molar-refractivity contribution in [2.75, 3.05) is 39.0 Å². The maximum absolute atomic E-state index is 13.1. The molecule has 1 amide bonds. The van der Waals surface area contributed by atoms with Crippen molar-refractivity contribution in [3.05, 3.63) is 28.6 Å². The molecule has 30 heavy (non-hydrogen) atoms. The normalized spacial score (nSPS) is 15.4. The average molecular weight is 438 g/mol. The van der Waals surface area contributed by atoms with Crippen LogP contribution in [0.5, 0.6) is 0 Å². The largest absolute Gasteiger partial charge is 0.393 e. The highest BCUT2D eigenvalue weighted by Gasteiger charge is 2.31. The van der Waals surface area contributed by atoms with Crippen LogP contribution in [0.25, 0.3) is 10.1 Å². The Morgan fingerprint density at radius 1 is 1.30 bits per heavy atom. The number of benzene rings is 1. The van der Waals surface area contributed by atoms with E-state index in [0.29, 0.717) is 29.9 Å². The van der Waals surface area contributed by atoms with E-state index in [1.807, 2.05) is 30.0 Å². The fraction of sp³-hybridized carbons (Fsp3) is 0.500. The van der Waals surface area contributed by atoms with E-state index in [0.717, 1.165) is 23.2 Å². The van der Waals surface area contributed by atoms with E-state index in [1.54, 1.807) is 19.1 Å². The van der Waals surface area contributed by atoms with Gasteiger partial charge in [-0.1, -0.05) is 18.1 Å². The average Bonchev–Trinajstić information content (AvgIpc) is 2.99. The summed E-state index contributed by atoms with van der Waals surface area (Å²) in [6, 6.07) is 5.61. The summed E-state index contributed by atoms with van der Waals surface area (Å²) >= 11 is 1.31. The summed E-state index contributed by atoms with van der Waals surface area (Å²) < 4.78 is 40.2. The van der Waals surface area contributed by atoms with E-state index >= 15 is 0 Å². The van der Waals surface area contributed by atoms with Gasteiger partial charge < -0.3 is 15.1 Å². The molecule has 0 atom stereocenters. The molecule has 2 heterocycles. The lowest BCUT2D eigenvalue weighted by Crippen LogP contribution is -2.45. The van der Waals surface area contributed by atoms with E-state index in [-0.39, 0.29) is 17.5 Å². The number of rotatable bonds is 5. The molecule has 0 aliphatic carbocycles. The molecule has 1 aromatic carbocycles. The van der Waals surface area contributed by atoms with Crippen LogP contribution in [-0.4, -0.2) is 61.7 Å². The molecule has 0 radical (unpaired) electrons. The van der Waals surface area contributed by atoms with Gasteiger partial charge in [0.15, 0.2) is 0 Å². The fourth-order valence-corrected chi connectivity index (χ4v) is 4.94. The number of likely N-dealkylation sites (N-methyl/N-ethyl adjacent to an activating group) is 1. The molecule has 0 unspecified atom stereocenters. The lowest BCUT2D eigenvalue weighted by Gasteiger charge is -2.33. The van der Waals surface area contributed by atoms with E-state index < -0.39 is 12.6 Å². The molecule has 1 aliphatic rings. The highest BCUT2D eigenvalue weighted by molar-refractivity contribution is 7.20. The zero-order chi connectivity index (χ0) is 21.9. The molecule has 162 valence electrons. The molecule has 1 fully saturated rings. The summed E-state index contributed by atoms with van der Waals surface area (Å²) in [6.45, 7) is 3.38. The molecule has 2 aromatic rings. The number of amides is 1. The Morgan fingerprint density at radius 2 is 2.00 bits per heavy atom. The summed E-state index contributed by atoms with van der Waals surface area (Å²) in [5, 5.41) is 4.11. The van der Waals surface area contributed by atoms with Crippen LogP contribution >= 0.6 is 11.3 Å². The van der Waals surface area contributed by atoms with Crippen LogP contribution in [0.3, 0.4) is 0 Å². The van der Waals surface area contributed by atoms with Crippen LogP contribution < -0.4 is 5.32 Å². The van der Waals surface area contributed by atoms with Gasteiger partial charge in [0.25, 0.3) is 0 Å². The second-order valence-corrected chi connectivity index (χ2v) is 8.82. The monoisotopic (exact) mass is 437 g/mol. The molecule has 0 saturated carbocycles. The number of alkyl halides is 3. The Balaban J connectivity index is 1.78. The van der Waals surface area contributed by atoms with Gasteiger partial charge in [0.2, 0.25) is 5.91 Å². The third-order valence-corrected chi connectivity index (χ3v) is 6.29. The first-order chi connectivity index (χ1) is 14.2. The number of fused-ring (bicyclic) bond motifs is 1. The highest BCUT2D eigenvalue weighted by atomic mass is 32.1. The second kappa shape index (κ2) is 9.27. The van der Waals surface area contributed by atoms with Gasteiger partial charge in [0.05, 0.1) is 28.2 Å². The first-order valence-electron chi connectivity index (χ1n) is 9.91. The first-order valence-corrected chi connectivity index (χ1v) is 10.7. The van der Waals surface area contributed by atoms with Crippen LogP contribution in [-0.2, 0) is 11.2 Å². The van der Waals surface area contributed by atoms with Gasteiger partial charge in [-0.25, -0.2) is 0 Å². The Hall–Kier alpha value is -2.24. The summed E-state index contributed by atoms with van der Waals surface area (Å²) in [6.07, 6.45) is -3.66. The van der Waals surface area contributed by atoms with Crippen molar-refractivity contribution in [2.45, 2.75) is 38.4 Å². The fourth-order valence-electron chi connectivity index (χ4n) is 3.74. The SMILES string of the molecule is CC#Cc1sc2c(NC3CCN(C(=O)CN(C)C)CC3)cccc2c1CC(F)(F)F. The predicted octanol–water partition coefficient (Wildman–Crippen LogP) is 4.34. The first kappa shape index (κ1) is 22.4. The standard InChI is InChI=1S/C22H26F3N3OS/c1-4-6-19-17(13-22(23,24)25)16-7-5-8-18(21(16)30-19)26-15-9-11-28(12-10-15)20(29)14-27(2)3/h5,7-8,15,26H,9-14H2,1-3H3. The quantitative estimate of drug-likeness (QED) is 0.707. The zero-order valence-corrected chi connectivity index (χ0v) is 18.2. The van der Waals surface area contributed by atoms with Crippen molar-refractivity contribution >= 4 is 33.0 Å². The lowest BCUT2D eigenvalue weighted by atomic mass is 10.0. The van der Waals surface area contributed by atoms with Gasteiger partial charge in [-0.15, -0.1) is 17.3 Å². The van der Waals surface area contributed by atoms with E-state index in [4.69, 9.17) is 0 Å². The van der Waals surface area contributed by atoms with Crippen LogP contribution in [0.15, 0.2) is 18.2 Å². The molecule has 1 aromatic heterocycles. The number of halogens is 3. The molecular formula is C22H26F3N3OS. The number of nitrogens with one attached hydrogen (secondary N) is 1. The molecule has 1 aliphatic heterocycles. The molecule has 8 heteroatoms. The van der Waals surface area contributed by atoms with E-state index in [9.17, 15) is 18.0 Å². The van der Waals surface area contributed by atoms with E-state index in [2.05, 4.69) is 17.2 Å². The number of nitrogens with zero attached hydrogens (tertiary/aromatic N) is 2. The van der Waals surface area contributed by atoms with Crippen LogP contribution in [0.2, 0.25) is 0 Å². The van der Waals surface area contributed by atoms with Gasteiger partial charge in [-0.2, -0.15) is 13.2 Å². The number of hydrogen-bond donors (Lipinski definition) is 1.